The molecular weight excluding hydrogens is 294 g/mol. The zero-order chi connectivity index (χ0) is 15.6. The number of benzene rings is 1. The van der Waals surface area contributed by atoms with E-state index in [0.29, 0.717) is 6.61 Å². The molecule has 0 saturated heterocycles. The lowest BCUT2D eigenvalue weighted by atomic mass is 10.1. The number of nitrogens with zero attached hydrogens (tertiary/aromatic N) is 1. The third kappa shape index (κ3) is 5.50. The number of aliphatic imine (C=N–C) groups is 1. The van der Waals surface area contributed by atoms with Crippen molar-refractivity contribution in [2.45, 2.75) is 26.6 Å². The molecule has 0 aliphatic carbocycles. The largest absolute Gasteiger partial charge is 0.377 e. The first-order valence-corrected chi connectivity index (χ1v) is 8.32. The smallest absolute Gasteiger partial charge is 0.191 e. The molecule has 0 radical (unpaired) electrons. The Morgan fingerprint density at radius 3 is 2.45 bits per heavy atom. The van der Waals surface area contributed by atoms with Gasteiger partial charge in [0, 0.05) is 25.1 Å². The second-order valence-corrected chi connectivity index (χ2v) is 5.84. The summed E-state index contributed by atoms with van der Waals surface area (Å²) in [5.74, 6) is 0.812. The molecule has 0 fully saturated rings. The van der Waals surface area contributed by atoms with Gasteiger partial charge in [-0.2, -0.15) is 0 Å². The van der Waals surface area contributed by atoms with Gasteiger partial charge in [0.15, 0.2) is 5.96 Å². The molecule has 0 atom stereocenters. The Kier molecular flexibility index (Phi) is 6.93. The van der Waals surface area contributed by atoms with Gasteiger partial charge in [0.25, 0.3) is 0 Å². The zero-order valence-corrected chi connectivity index (χ0v) is 14.0. The van der Waals surface area contributed by atoms with Crippen LogP contribution in [0.4, 0.5) is 0 Å². The van der Waals surface area contributed by atoms with E-state index < -0.39 is 0 Å². The summed E-state index contributed by atoms with van der Waals surface area (Å²) in [4.78, 5) is 5.53. The van der Waals surface area contributed by atoms with Crippen LogP contribution in [0.3, 0.4) is 0 Å². The van der Waals surface area contributed by atoms with Crippen molar-refractivity contribution in [1.29, 1.82) is 0 Å². The van der Waals surface area contributed by atoms with Crippen LogP contribution in [-0.2, 0) is 24.4 Å². The van der Waals surface area contributed by atoms with Gasteiger partial charge in [-0.15, -0.1) is 11.3 Å². The molecule has 5 heteroatoms. The highest BCUT2D eigenvalue weighted by atomic mass is 32.1. The highest BCUT2D eigenvalue weighted by molar-refractivity contribution is 7.09. The van der Waals surface area contributed by atoms with E-state index in [4.69, 9.17) is 4.74 Å². The first-order valence-electron chi connectivity index (χ1n) is 7.44. The average Bonchev–Trinajstić information content (AvgIpc) is 3.07. The highest BCUT2D eigenvalue weighted by Crippen LogP contribution is 2.08. The predicted octanol–water partition coefficient (Wildman–Crippen LogP) is 3.15. The van der Waals surface area contributed by atoms with Crippen molar-refractivity contribution < 1.29 is 4.74 Å². The van der Waals surface area contributed by atoms with Gasteiger partial charge >= 0.3 is 0 Å². The monoisotopic (exact) mass is 317 g/mol. The number of nitrogens with one attached hydrogen (secondary N) is 2. The van der Waals surface area contributed by atoms with E-state index in [9.17, 15) is 0 Å². The molecule has 1 aromatic carbocycles. The molecular formula is C17H23N3OS. The Balaban J connectivity index is 1.77. The van der Waals surface area contributed by atoms with Gasteiger partial charge in [0.05, 0.1) is 13.2 Å². The minimum Gasteiger partial charge on any atom is -0.377 e. The van der Waals surface area contributed by atoms with Crippen LogP contribution in [0.25, 0.3) is 0 Å². The maximum Gasteiger partial charge on any atom is 0.191 e. The van der Waals surface area contributed by atoms with Gasteiger partial charge in [0.2, 0.25) is 0 Å². The van der Waals surface area contributed by atoms with Gasteiger partial charge in [-0.05, 0) is 29.5 Å². The van der Waals surface area contributed by atoms with Crippen molar-refractivity contribution in [3.63, 3.8) is 0 Å². The molecule has 0 aliphatic rings. The highest BCUT2D eigenvalue weighted by Gasteiger charge is 2.00. The summed E-state index contributed by atoms with van der Waals surface area (Å²) in [7, 11) is 1.79. The van der Waals surface area contributed by atoms with Gasteiger partial charge in [0.1, 0.15) is 0 Å². The lowest BCUT2D eigenvalue weighted by molar-refractivity contribution is 0.134. The van der Waals surface area contributed by atoms with E-state index in [1.54, 1.807) is 18.4 Å². The third-order valence-corrected chi connectivity index (χ3v) is 4.07. The van der Waals surface area contributed by atoms with E-state index >= 15 is 0 Å². The van der Waals surface area contributed by atoms with E-state index in [1.807, 2.05) is 6.92 Å². The summed E-state index contributed by atoms with van der Waals surface area (Å²) in [6.45, 7) is 4.97. The number of hydrogen-bond acceptors (Lipinski definition) is 3. The fourth-order valence-electron chi connectivity index (χ4n) is 1.96. The first-order chi connectivity index (χ1) is 10.8. The van der Waals surface area contributed by atoms with Crippen molar-refractivity contribution in [3.05, 3.63) is 57.8 Å². The minimum absolute atomic E-state index is 0.675. The van der Waals surface area contributed by atoms with Crippen molar-refractivity contribution in [1.82, 2.24) is 10.6 Å². The van der Waals surface area contributed by atoms with Gasteiger partial charge in [-0.25, -0.2) is 0 Å². The summed E-state index contributed by atoms with van der Waals surface area (Å²) < 4.78 is 5.40. The minimum atomic E-state index is 0.675. The van der Waals surface area contributed by atoms with Crippen LogP contribution in [0.1, 0.15) is 22.9 Å². The summed E-state index contributed by atoms with van der Waals surface area (Å²) in [5.41, 5.74) is 2.42. The normalized spacial score (nSPS) is 11.5. The molecule has 0 bridgehead atoms. The van der Waals surface area contributed by atoms with Crippen LogP contribution in [0.15, 0.2) is 46.8 Å². The molecule has 1 aromatic heterocycles. The second kappa shape index (κ2) is 9.23. The molecule has 118 valence electrons. The van der Waals surface area contributed by atoms with Gasteiger partial charge in [-0.1, -0.05) is 30.3 Å². The Morgan fingerprint density at radius 1 is 1.09 bits per heavy atom. The number of thiophene rings is 1. The maximum atomic E-state index is 5.40. The molecule has 0 amide bonds. The summed E-state index contributed by atoms with van der Waals surface area (Å²) in [5, 5.41) is 8.71. The van der Waals surface area contributed by atoms with Crippen LogP contribution < -0.4 is 10.6 Å². The number of ether oxygens (including phenoxy) is 1. The fourth-order valence-corrected chi connectivity index (χ4v) is 2.61. The lowest BCUT2D eigenvalue weighted by Crippen LogP contribution is -2.36. The van der Waals surface area contributed by atoms with Crippen molar-refractivity contribution >= 4 is 17.3 Å². The third-order valence-electron chi connectivity index (χ3n) is 3.19. The summed E-state index contributed by atoms with van der Waals surface area (Å²) in [6.07, 6.45) is 0. The molecule has 0 unspecified atom stereocenters. The SMILES string of the molecule is CCOCc1ccc(CNC(=NC)NCc2cccs2)cc1. The molecule has 4 nitrogen and oxygen atoms in total. The number of hydrogen-bond donors (Lipinski definition) is 2. The van der Waals surface area contributed by atoms with Crippen molar-refractivity contribution in [3.8, 4) is 0 Å². The van der Waals surface area contributed by atoms with Crippen LogP contribution in [-0.4, -0.2) is 19.6 Å². The van der Waals surface area contributed by atoms with E-state index in [2.05, 4.69) is 57.4 Å². The standard InChI is InChI=1S/C17H23N3OS/c1-3-21-13-15-8-6-14(7-9-15)11-19-17(18-2)20-12-16-5-4-10-22-16/h4-10H,3,11-13H2,1-2H3,(H2,18,19,20). The average molecular weight is 317 g/mol. The van der Waals surface area contributed by atoms with Crippen LogP contribution >= 0.6 is 11.3 Å². The van der Waals surface area contributed by atoms with Crippen LogP contribution in [0.2, 0.25) is 0 Å². The topological polar surface area (TPSA) is 45.6 Å². The second-order valence-electron chi connectivity index (χ2n) is 4.81. The molecule has 2 rings (SSSR count). The molecule has 2 aromatic rings. The van der Waals surface area contributed by atoms with Gasteiger partial charge in [-0.3, -0.25) is 4.99 Å². The predicted molar refractivity (Wildman–Crippen MR) is 93.1 cm³/mol. The fraction of sp³-hybridized carbons (Fsp3) is 0.353. The van der Waals surface area contributed by atoms with Crippen LogP contribution in [0.5, 0.6) is 0 Å². The van der Waals surface area contributed by atoms with E-state index in [1.165, 1.54) is 16.0 Å². The molecule has 22 heavy (non-hydrogen) atoms. The van der Waals surface area contributed by atoms with Crippen molar-refractivity contribution in [2.75, 3.05) is 13.7 Å². The molecule has 1 heterocycles. The zero-order valence-electron chi connectivity index (χ0n) is 13.1. The lowest BCUT2D eigenvalue weighted by Gasteiger charge is -2.11. The Hall–Kier alpha value is -1.85. The Labute approximate surface area is 136 Å². The van der Waals surface area contributed by atoms with E-state index in [0.717, 1.165) is 25.7 Å². The Morgan fingerprint density at radius 2 is 1.82 bits per heavy atom. The number of guanidine groups is 1. The maximum absolute atomic E-state index is 5.40. The summed E-state index contributed by atoms with van der Waals surface area (Å²) in [6, 6.07) is 12.6. The number of rotatable bonds is 7. The Bertz CT molecular complexity index is 564. The molecule has 0 spiro atoms. The summed E-state index contributed by atoms with van der Waals surface area (Å²) >= 11 is 1.74. The quantitative estimate of drug-likeness (QED) is 0.609. The molecule has 2 N–H and O–H groups in total. The first kappa shape index (κ1) is 16.5. The molecule has 0 saturated carbocycles. The van der Waals surface area contributed by atoms with Crippen LogP contribution in [0, 0.1) is 0 Å². The van der Waals surface area contributed by atoms with E-state index in [-0.39, 0.29) is 0 Å². The molecule has 0 aliphatic heterocycles. The van der Waals surface area contributed by atoms with Gasteiger partial charge < -0.3 is 15.4 Å². The van der Waals surface area contributed by atoms with Crippen molar-refractivity contribution in [2.24, 2.45) is 4.99 Å².